The quantitative estimate of drug-likeness (QED) is 0.458. The van der Waals surface area contributed by atoms with Crippen LogP contribution in [0.5, 0.6) is 11.5 Å². The van der Waals surface area contributed by atoms with Gasteiger partial charge in [-0.15, -0.1) is 0 Å². The number of carbonyl (C=O) groups excluding carboxylic acids is 1. The SMILES string of the molecule is CC[C@@H](Oc1cccc(OC)c1)C(=O)Nc1ccc(S(=O)(=O)Nc2ccccc2Cl)cc1. The van der Waals surface area contributed by atoms with Crippen LogP contribution in [0.1, 0.15) is 13.3 Å². The predicted molar refractivity (Wildman–Crippen MR) is 125 cm³/mol. The number of hydrogen-bond donors (Lipinski definition) is 2. The molecular formula is C23H23ClN2O5S. The zero-order valence-electron chi connectivity index (χ0n) is 17.5. The maximum absolute atomic E-state index is 12.7. The number of benzene rings is 3. The van der Waals surface area contributed by atoms with E-state index in [4.69, 9.17) is 21.1 Å². The van der Waals surface area contributed by atoms with Crippen molar-refractivity contribution in [3.63, 3.8) is 0 Å². The van der Waals surface area contributed by atoms with Crippen molar-refractivity contribution < 1.29 is 22.7 Å². The van der Waals surface area contributed by atoms with Crippen molar-refractivity contribution >= 4 is 38.9 Å². The first-order valence-electron chi connectivity index (χ1n) is 9.81. The summed E-state index contributed by atoms with van der Waals surface area (Å²) < 4.78 is 38.6. The first-order chi connectivity index (χ1) is 15.3. The van der Waals surface area contributed by atoms with E-state index in [1.165, 1.54) is 24.3 Å². The topological polar surface area (TPSA) is 93.7 Å². The maximum atomic E-state index is 12.7. The number of nitrogens with one attached hydrogen (secondary N) is 2. The number of halogens is 1. The number of ether oxygens (including phenoxy) is 2. The molecule has 32 heavy (non-hydrogen) atoms. The number of sulfonamides is 1. The zero-order valence-corrected chi connectivity index (χ0v) is 19.1. The molecule has 0 saturated carbocycles. The van der Waals surface area contributed by atoms with Gasteiger partial charge in [0.1, 0.15) is 11.5 Å². The number of carbonyl (C=O) groups is 1. The molecule has 1 amide bonds. The second kappa shape index (κ2) is 10.4. The van der Waals surface area contributed by atoms with Crippen molar-refractivity contribution in [2.45, 2.75) is 24.3 Å². The molecule has 7 nitrogen and oxygen atoms in total. The monoisotopic (exact) mass is 474 g/mol. The molecule has 3 aromatic carbocycles. The Kier molecular flexibility index (Phi) is 7.61. The fourth-order valence-corrected chi connectivity index (χ4v) is 4.17. The van der Waals surface area contributed by atoms with Crippen molar-refractivity contribution in [3.8, 4) is 11.5 Å². The second-order valence-electron chi connectivity index (χ2n) is 6.79. The molecule has 3 rings (SSSR count). The predicted octanol–water partition coefficient (Wildman–Crippen LogP) is 4.95. The highest BCUT2D eigenvalue weighted by atomic mass is 35.5. The first kappa shape index (κ1) is 23.4. The molecule has 0 heterocycles. The van der Waals surface area contributed by atoms with Crippen LogP contribution < -0.4 is 19.5 Å². The third kappa shape index (κ3) is 5.93. The highest BCUT2D eigenvalue weighted by molar-refractivity contribution is 7.92. The Hall–Kier alpha value is -3.23. The van der Waals surface area contributed by atoms with Gasteiger partial charge in [0, 0.05) is 11.8 Å². The number of hydrogen-bond acceptors (Lipinski definition) is 5. The van der Waals surface area contributed by atoms with E-state index in [0.29, 0.717) is 28.6 Å². The van der Waals surface area contributed by atoms with Gasteiger partial charge >= 0.3 is 0 Å². The summed E-state index contributed by atoms with van der Waals surface area (Å²) in [6, 6.07) is 19.4. The Morgan fingerprint density at radius 2 is 1.69 bits per heavy atom. The molecule has 0 unspecified atom stereocenters. The molecule has 0 aliphatic carbocycles. The van der Waals surface area contributed by atoms with Crippen LogP contribution in [0.3, 0.4) is 0 Å². The van der Waals surface area contributed by atoms with E-state index in [2.05, 4.69) is 10.0 Å². The van der Waals surface area contributed by atoms with Crippen molar-refractivity contribution in [3.05, 3.63) is 77.8 Å². The van der Waals surface area contributed by atoms with Crippen molar-refractivity contribution in [1.29, 1.82) is 0 Å². The van der Waals surface area contributed by atoms with E-state index in [1.54, 1.807) is 55.6 Å². The average molecular weight is 475 g/mol. The van der Waals surface area contributed by atoms with Crippen LogP contribution in [0.25, 0.3) is 0 Å². The van der Waals surface area contributed by atoms with Gasteiger partial charge in [0.15, 0.2) is 6.10 Å². The summed E-state index contributed by atoms with van der Waals surface area (Å²) in [5.74, 6) is 0.790. The van der Waals surface area contributed by atoms with Gasteiger partial charge in [-0.3, -0.25) is 9.52 Å². The Labute approximate surface area is 192 Å². The van der Waals surface area contributed by atoms with Crippen LogP contribution >= 0.6 is 11.6 Å². The molecule has 0 saturated heterocycles. The normalized spacial score (nSPS) is 12.0. The lowest BCUT2D eigenvalue weighted by Crippen LogP contribution is -2.32. The van der Waals surface area contributed by atoms with Gasteiger partial charge in [0.25, 0.3) is 15.9 Å². The summed E-state index contributed by atoms with van der Waals surface area (Å²) in [5, 5.41) is 3.04. The van der Waals surface area contributed by atoms with Crippen LogP contribution in [0.2, 0.25) is 5.02 Å². The molecule has 0 aliphatic heterocycles. The molecule has 0 radical (unpaired) electrons. The van der Waals surface area contributed by atoms with Gasteiger partial charge in [-0.2, -0.15) is 0 Å². The summed E-state index contributed by atoms with van der Waals surface area (Å²) in [5.41, 5.74) is 0.728. The number of para-hydroxylation sites is 1. The van der Waals surface area contributed by atoms with E-state index in [1.807, 2.05) is 6.92 Å². The third-order valence-corrected chi connectivity index (χ3v) is 6.24. The van der Waals surface area contributed by atoms with Crippen LogP contribution in [0.15, 0.2) is 77.7 Å². The molecule has 2 N–H and O–H groups in total. The molecule has 0 bridgehead atoms. The maximum Gasteiger partial charge on any atom is 0.265 e. The van der Waals surface area contributed by atoms with Gasteiger partial charge in [-0.05, 0) is 55.0 Å². The largest absolute Gasteiger partial charge is 0.497 e. The Morgan fingerprint density at radius 1 is 1.00 bits per heavy atom. The number of anilines is 2. The van der Waals surface area contributed by atoms with Crippen LogP contribution in [-0.4, -0.2) is 27.5 Å². The van der Waals surface area contributed by atoms with Gasteiger partial charge in [0.2, 0.25) is 0 Å². The van der Waals surface area contributed by atoms with E-state index in [0.717, 1.165) is 0 Å². The Morgan fingerprint density at radius 3 is 2.34 bits per heavy atom. The summed E-state index contributed by atoms with van der Waals surface area (Å²) >= 11 is 6.03. The number of methoxy groups -OCH3 is 1. The number of rotatable bonds is 9. The van der Waals surface area contributed by atoms with E-state index < -0.39 is 16.1 Å². The molecule has 168 valence electrons. The first-order valence-corrected chi connectivity index (χ1v) is 11.7. The fraction of sp³-hybridized carbons (Fsp3) is 0.174. The Bertz CT molecular complexity index is 1180. The molecular weight excluding hydrogens is 452 g/mol. The van der Waals surface area contributed by atoms with Gasteiger partial charge in [-0.25, -0.2) is 8.42 Å². The third-order valence-electron chi connectivity index (χ3n) is 4.53. The molecule has 0 aliphatic rings. The van der Waals surface area contributed by atoms with Crippen molar-refractivity contribution in [2.75, 3.05) is 17.1 Å². The highest BCUT2D eigenvalue weighted by Gasteiger charge is 2.20. The summed E-state index contributed by atoms with van der Waals surface area (Å²) in [6.07, 6.45) is -0.288. The fourth-order valence-electron chi connectivity index (χ4n) is 2.85. The average Bonchev–Trinajstić information content (AvgIpc) is 2.79. The lowest BCUT2D eigenvalue weighted by atomic mass is 10.2. The van der Waals surface area contributed by atoms with E-state index in [-0.39, 0.29) is 16.5 Å². The minimum Gasteiger partial charge on any atom is -0.497 e. The summed E-state index contributed by atoms with van der Waals surface area (Å²) in [7, 11) is -2.28. The Balaban J connectivity index is 1.67. The van der Waals surface area contributed by atoms with Crippen LogP contribution in [0.4, 0.5) is 11.4 Å². The van der Waals surface area contributed by atoms with E-state index >= 15 is 0 Å². The van der Waals surface area contributed by atoms with Gasteiger partial charge in [0.05, 0.1) is 22.7 Å². The lowest BCUT2D eigenvalue weighted by Gasteiger charge is -2.18. The molecule has 0 spiro atoms. The standard InChI is InChI=1S/C23H23ClN2O5S/c1-3-22(31-18-8-6-7-17(15-18)30-2)23(27)25-16-11-13-19(14-12-16)32(28,29)26-21-10-5-4-9-20(21)24/h4-15,22,26H,3H2,1-2H3,(H,25,27)/t22-/m1/s1. The molecule has 0 fully saturated rings. The second-order valence-corrected chi connectivity index (χ2v) is 8.88. The lowest BCUT2D eigenvalue weighted by molar-refractivity contribution is -0.122. The van der Waals surface area contributed by atoms with Crippen LogP contribution in [-0.2, 0) is 14.8 Å². The number of amides is 1. The van der Waals surface area contributed by atoms with Gasteiger partial charge < -0.3 is 14.8 Å². The van der Waals surface area contributed by atoms with Crippen molar-refractivity contribution in [1.82, 2.24) is 0 Å². The minimum absolute atomic E-state index is 0.0371. The van der Waals surface area contributed by atoms with Crippen molar-refractivity contribution in [2.24, 2.45) is 0 Å². The van der Waals surface area contributed by atoms with Gasteiger partial charge in [-0.1, -0.05) is 36.7 Å². The highest BCUT2D eigenvalue weighted by Crippen LogP contribution is 2.25. The minimum atomic E-state index is -3.83. The molecule has 0 aromatic heterocycles. The summed E-state index contributed by atoms with van der Waals surface area (Å²) in [6.45, 7) is 1.83. The zero-order chi connectivity index (χ0) is 23.1. The van der Waals surface area contributed by atoms with E-state index in [9.17, 15) is 13.2 Å². The molecule has 3 aromatic rings. The van der Waals surface area contributed by atoms with Crippen LogP contribution in [0, 0.1) is 0 Å². The molecule has 9 heteroatoms. The molecule has 1 atom stereocenters. The summed E-state index contributed by atoms with van der Waals surface area (Å²) in [4.78, 5) is 12.7. The smallest absolute Gasteiger partial charge is 0.265 e.